The Kier molecular flexibility index (Phi) is 2.90. The predicted octanol–water partition coefficient (Wildman–Crippen LogP) is 1.97. The zero-order valence-corrected chi connectivity index (χ0v) is 10.9. The molecule has 1 aliphatic heterocycles. The lowest BCUT2D eigenvalue weighted by Crippen LogP contribution is -2.34. The topological polar surface area (TPSA) is 63.4 Å². The minimum atomic E-state index is -0.399. The molecule has 2 amide bonds. The highest BCUT2D eigenvalue weighted by Crippen LogP contribution is 2.47. The van der Waals surface area contributed by atoms with Crippen LogP contribution in [0.3, 0.4) is 0 Å². The molecule has 0 radical (unpaired) electrons. The maximum absolute atomic E-state index is 12.6. The molecule has 3 rings (SSSR count). The van der Waals surface area contributed by atoms with Gasteiger partial charge in [0.05, 0.1) is 11.1 Å². The number of nitrogens with zero attached hydrogens (tertiary/aromatic N) is 1. The monoisotopic (exact) mass is 258 g/mol. The lowest BCUT2D eigenvalue weighted by Gasteiger charge is -2.21. The van der Waals surface area contributed by atoms with Crippen molar-refractivity contribution in [3.8, 4) is 0 Å². The summed E-state index contributed by atoms with van der Waals surface area (Å²) in [5.41, 5.74) is 6.83. The van der Waals surface area contributed by atoms with Crippen molar-refractivity contribution in [3.05, 3.63) is 29.8 Å². The Morgan fingerprint density at radius 1 is 1.11 bits per heavy atom. The van der Waals surface area contributed by atoms with Crippen LogP contribution in [0.4, 0.5) is 5.69 Å². The molecule has 0 bridgehead atoms. The molecule has 1 heterocycles. The number of anilines is 1. The Bertz CT molecular complexity index is 515. The highest BCUT2D eigenvalue weighted by Gasteiger charge is 2.52. The average molecular weight is 258 g/mol. The molecule has 2 aliphatic rings. The molecule has 1 saturated heterocycles. The van der Waals surface area contributed by atoms with Crippen molar-refractivity contribution in [1.29, 1.82) is 0 Å². The number of imide groups is 1. The van der Waals surface area contributed by atoms with E-state index in [1.807, 2.05) is 24.3 Å². The standard InChI is InChI=1S/C15H18N2O2/c16-10-11-3-5-12(6-4-11)17-13(18)9-15(14(17)19)7-1-2-8-15/h3-6H,1-2,7-10,16H2. The molecule has 100 valence electrons. The summed E-state index contributed by atoms with van der Waals surface area (Å²) in [5.74, 6) is -0.0668. The second-order valence-electron chi connectivity index (χ2n) is 5.57. The molecule has 1 saturated carbocycles. The molecular formula is C15H18N2O2. The molecule has 2 N–H and O–H groups in total. The first-order valence-electron chi connectivity index (χ1n) is 6.83. The van der Waals surface area contributed by atoms with E-state index in [0.29, 0.717) is 18.7 Å². The third kappa shape index (κ3) is 1.87. The van der Waals surface area contributed by atoms with Gasteiger partial charge in [-0.1, -0.05) is 25.0 Å². The van der Waals surface area contributed by atoms with Crippen LogP contribution in [0.5, 0.6) is 0 Å². The van der Waals surface area contributed by atoms with Gasteiger partial charge in [-0.05, 0) is 30.5 Å². The number of rotatable bonds is 2. The van der Waals surface area contributed by atoms with Gasteiger partial charge < -0.3 is 5.73 Å². The third-order valence-corrected chi connectivity index (χ3v) is 4.39. The van der Waals surface area contributed by atoms with Crippen LogP contribution in [0.1, 0.15) is 37.7 Å². The number of nitrogens with two attached hydrogens (primary N) is 1. The van der Waals surface area contributed by atoms with Crippen LogP contribution in [-0.4, -0.2) is 11.8 Å². The smallest absolute Gasteiger partial charge is 0.240 e. The fourth-order valence-electron chi connectivity index (χ4n) is 3.28. The van der Waals surface area contributed by atoms with Crippen LogP contribution in [0.25, 0.3) is 0 Å². The molecule has 1 aromatic carbocycles. The SMILES string of the molecule is NCc1ccc(N2C(=O)CC3(CCCC3)C2=O)cc1. The van der Waals surface area contributed by atoms with Gasteiger partial charge in [-0.15, -0.1) is 0 Å². The number of hydrogen-bond donors (Lipinski definition) is 1. The minimum absolute atomic E-state index is 0.00417. The highest BCUT2D eigenvalue weighted by atomic mass is 16.2. The summed E-state index contributed by atoms with van der Waals surface area (Å²) in [7, 11) is 0. The summed E-state index contributed by atoms with van der Waals surface area (Å²) >= 11 is 0. The van der Waals surface area contributed by atoms with Crippen molar-refractivity contribution in [1.82, 2.24) is 0 Å². The number of carbonyl (C=O) groups excluding carboxylic acids is 2. The van der Waals surface area contributed by atoms with Crippen LogP contribution in [-0.2, 0) is 16.1 Å². The van der Waals surface area contributed by atoms with Crippen LogP contribution in [0, 0.1) is 5.41 Å². The van der Waals surface area contributed by atoms with Crippen LogP contribution in [0.2, 0.25) is 0 Å². The second kappa shape index (κ2) is 4.46. The Balaban J connectivity index is 1.91. The van der Waals surface area contributed by atoms with Gasteiger partial charge >= 0.3 is 0 Å². The quantitative estimate of drug-likeness (QED) is 0.825. The van der Waals surface area contributed by atoms with E-state index in [-0.39, 0.29) is 11.8 Å². The predicted molar refractivity (Wildman–Crippen MR) is 72.3 cm³/mol. The zero-order valence-electron chi connectivity index (χ0n) is 10.9. The van der Waals surface area contributed by atoms with Gasteiger partial charge in [-0.2, -0.15) is 0 Å². The molecule has 4 nitrogen and oxygen atoms in total. The minimum Gasteiger partial charge on any atom is -0.326 e. The first-order chi connectivity index (χ1) is 9.16. The lowest BCUT2D eigenvalue weighted by atomic mass is 9.84. The van der Waals surface area contributed by atoms with Gasteiger partial charge in [-0.3, -0.25) is 14.5 Å². The lowest BCUT2D eigenvalue weighted by molar-refractivity contribution is -0.125. The van der Waals surface area contributed by atoms with Gasteiger partial charge in [-0.25, -0.2) is 0 Å². The number of benzene rings is 1. The first kappa shape index (κ1) is 12.4. The molecule has 0 atom stereocenters. The normalized spacial score (nSPS) is 21.6. The van der Waals surface area contributed by atoms with Gasteiger partial charge in [0.1, 0.15) is 0 Å². The van der Waals surface area contributed by atoms with E-state index in [9.17, 15) is 9.59 Å². The molecule has 19 heavy (non-hydrogen) atoms. The molecule has 1 aliphatic carbocycles. The summed E-state index contributed by atoms with van der Waals surface area (Å²) in [4.78, 5) is 26.1. The highest BCUT2D eigenvalue weighted by molar-refractivity contribution is 6.22. The van der Waals surface area contributed by atoms with E-state index < -0.39 is 5.41 Å². The number of hydrogen-bond acceptors (Lipinski definition) is 3. The van der Waals surface area contributed by atoms with Gasteiger partial charge in [0.25, 0.3) is 0 Å². The van der Waals surface area contributed by atoms with E-state index in [1.54, 1.807) is 0 Å². The van der Waals surface area contributed by atoms with Crippen LogP contribution in [0.15, 0.2) is 24.3 Å². The maximum Gasteiger partial charge on any atom is 0.240 e. The molecule has 0 aromatic heterocycles. The van der Waals surface area contributed by atoms with Gasteiger partial charge in [0, 0.05) is 13.0 Å². The van der Waals surface area contributed by atoms with E-state index in [4.69, 9.17) is 5.73 Å². The Hall–Kier alpha value is -1.68. The summed E-state index contributed by atoms with van der Waals surface area (Å²) in [6, 6.07) is 7.36. The van der Waals surface area contributed by atoms with Crippen molar-refractivity contribution in [3.63, 3.8) is 0 Å². The summed E-state index contributed by atoms with van der Waals surface area (Å²) < 4.78 is 0. The third-order valence-electron chi connectivity index (χ3n) is 4.39. The second-order valence-corrected chi connectivity index (χ2v) is 5.57. The van der Waals surface area contributed by atoms with Crippen LogP contribution >= 0.6 is 0 Å². The van der Waals surface area contributed by atoms with Crippen molar-refractivity contribution in [2.45, 2.75) is 38.6 Å². The van der Waals surface area contributed by atoms with Crippen molar-refractivity contribution >= 4 is 17.5 Å². The summed E-state index contributed by atoms with van der Waals surface area (Å²) in [6.07, 6.45) is 4.20. The van der Waals surface area contributed by atoms with Crippen LogP contribution < -0.4 is 10.6 Å². The zero-order chi connectivity index (χ0) is 13.5. The summed E-state index contributed by atoms with van der Waals surface area (Å²) in [6.45, 7) is 0.464. The van der Waals surface area contributed by atoms with Crippen molar-refractivity contribution in [2.24, 2.45) is 11.1 Å². The largest absolute Gasteiger partial charge is 0.326 e. The summed E-state index contributed by atoms with van der Waals surface area (Å²) in [5, 5.41) is 0. The maximum atomic E-state index is 12.6. The molecule has 0 unspecified atom stereocenters. The van der Waals surface area contributed by atoms with Gasteiger partial charge in [0.2, 0.25) is 11.8 Å². The Morgan fingerprint density at radius 3 is 2.32 bits per heavy atom. The number of amides is 2. The Labute approximate surface area is 112 Å². The van der Waals surface area contributed by atoms with E-state index in [0.717, 1.165) is 31.2 Å². The Morgan fingerprint density at radius 2 is 1.74 bits per heavy atom. The van der Waals surface area contributed by atoms with Gasteiger partial charge in [0.15, 0.2) is 0 Å². The number of carbonyl (C=O) groups is 2. The molecule has 1 spiro atoms. The van der Waals surface area contributed by atoms with E-state index >= 15 is 0 Å². The average Bonchev–Trinajstić information content (AvgIpc) is 2.97. The molecule has 1 aromatic rings. The van der Waals surface area contributed by atoms with Crippen molar-refractivity contribution < 1.29 is 9.59 Å². The van der Waals surface area contributed by atoms with E-state index in [1.165, 1.54) is 4.90 Å². The first-order valence-corrected chi connectivity index (χ1v) is 6.83. The molecule has 4 heteroatoms. The fraction of sp³-hybridized carbons (Fsp3) is 0.467. The molecule has 2 fully saturated rings. The van der Waals surface area contributed by atoms with E-state index in [2.05, 4.69) is 0 Å². The molecular weight excluding hydrogens is 240 g/mol. The fourth-order valence-corrected chi connectivity index (χ4v) is 3.28. The van der Waals surface area contributed by atoms with Crippen molar-refractivity contribution in [2.75, 3.05) is 4.90 Å².